The molecule has 0 saturated carbocycles. The Morgan fingerprint density at radius 1 is 0.788 bits per heavy atom. The maximum atomic E-state index is 10.2. The zero-order valence-electron chi connectivity index (χ0n) is 18.3. The van der Waals surface area contributed by atoms with E-state index in [4.69, 9.17) is 4.42 Å². The second-order valence-corrected chi connectivity index (χ2v) is 7.87. The molecule has 1 aromatic heterocycles. The molecule has 1 aliphatic heterocycles. The Labute approximate surface area is 190 Å². The highest BCUT2D eigenvalue weighted by atomic mass is 16.5. The average Bonchev–Trinajstić information content (AvgIpc) is 3.41. The van der Waals surface area contributed by atoms with Crippen LogP contribution in [0.1, 0.15) is 5.69 Å². The number of para-hydroxylation sites is 2. The molecule has 162 valence electrons. The van der Waals surface area contributed by atoms with E-state index < -0.39 is 0 Å². The molecule has 0 amide bonds. The minimum absolute atomic E-state index is 0.203. The van der Waals surface area contributed by atoms with Crippen LogP contribution in [-0.4, -0.2) is 24.2 Å². The SMILES string of the molecule is CN(C)c1ccc(-c2nc(C=c3ccc(=CC=C4N=c5ccccc5=N4)cc3)c(O)o2)cc1. The monoisotopic (exact) mass is 434 g/mol. The second-order valence-electron chi connectivity index (χ2n) is 7.87. The first-order chi connectivity index (χ1) is 16.0. The molecule has 0 spiro atoms. The molecule has 0 bridgehead atoms. The lowest BCUT2D eigenvalue weighted by atomic mass is 10.2. The second kappa shape index (κ2) is 8.59. The molecular weight excluding hydrogens is 412 g/mol. The minimum atomic E-state index is -0.203. The number of hydrogen-bond donors (Lipinski definition) is 1. The molecule has 5 rings (SSSR count). The summed E-state index contributed by atoms with van der Waals surface area (Å²) in [7, 11) is 3.97. The van der Waals surface area contributed by atoms with Crippen LogP contribution in [0.2, 0.25) is 0 Å². The zero-order valence-corrected chi connectivity index (χ0v) is 18.3. The minimum Gasteiger partial charge on any atom is -0.479 e. The fourth-order valence-corrected chi connectivity index (χ4v) is 3.48. The van der Waals surface area contributed by atoms with Crippen LogP contribution in [0, 0.1) is 0 Å². The van der Waals surface area contributed by atoms with Crippen molar-refractivity contribution < 1.29 is 9.52 Å². The van der Waals surface area contributed by atoms with E-state index in [0.717, 1.165) is 32.4 Å². The fraction of sp³-hybridized carbons (Fsp3) is 0.0741. The molecule has 0 radical (unpaired) electrons. The van der Waals surface area contributed by atoms with Crippen LogP contribution in [-0.2, 0) is 0 Å². The molecule has 0 saturated heterocycles. The molecule has 0 aliphatic carbocycles. The summed E-state index contributed by atoms with van der Waals surface area (Å²) in [4.78, 5) is 15.5. The summed E-state index contributed by atoms with van der Waals surface area (Å²) < 4.78 is 5.48. The topological polar surface area (TPSA) is 74.2 Å². The lowest BCUT2D eigenvalue weighted by Gasteiger charge is -2.11. The van der Waals surface area contributed by atoms with Crippen LogP contribution in [0.25, 0.3) is 23.6 Å². The van der Waals surface area contributed by atoms with Crippen molar-refractivity contribution in [2.75, 3.05) is 19.0 Å². The lowest BCUT2D eigenvalue weighted by Crippen LogP contribution is -2.19. The van der Waals surface area contributed by atoms with E-state index in [9.17, 15) is 5.11 Å². The van der Waals surface area contributed by atoms with Gasteiger partial charge >= 0.3 is 5.95 Å². The van der Waals surface area contributed by atoms with Crippen molar-refractivity contribution in [2.24, 2.45) is 9.98 Å². The van der Waals surface area contributed by atoms with Gasteiger partial charge in [0.25, 0.3) is 0 Å². The third kappa shape index (κ3) is 4.45. The Kier molecular flexibility index (Phi) is 5.32. The molecule has 0 atom stereocenters. The van der Waals surface area contributed by atoms with Crippen molar-refractivity contribution in [3.8, 4) is 17.4 Å². The van der Waals surface area contributed by atoms with Crippen molar-refractivity contribution in [1.29, 1.82) is 0 Å². The van der Waals surface area contributed by atoms with Crippen LogP contribution in [0.3, 0.4) is 0 Å². The smallest absolute Gasteiger partial charge is 0.310 e. The highest BCUT2D eigenvalue weighted by Crippen LogP contribution is 2.28. The number of rotatable bonds is 4. The molecule has 0 unspecified atom stereocenters. The van der Waals surface area contributed by atoms with Gasteiger partial charge in [0.15, 0.2) is 5.82 Å². The molecule has 1 aliphatic rings. The number of anilines is 1. The van der Waals surface area contributed by atoms with Crippen molar-refractivity contribution in [2.45, 2.75) is 0 Å². The molecule has 0 fully saturated rings. The van der Waals surface area contributed by atoms with Gasteiger partial charge in [-0.3, -0.25) is 0 Å². The highest BCUT2D eigenvalue weighted by Gasteiger charge is 2.12. The normalized spacial score (nSPS) is 11.9. The van der Waals surface area contributed by atoms with Gasteiger partial charge in [-0.2, -0.15) is 0 Å². The summed E-state index contributed by atoms with van der Waals surface area (Å²) in [5, 5.41) is 13.9. The first-order valence-electron chi connectivity index (χ1n) is 10.5. The van der Waals surface area contributed by atoms with Crippen molar-refractivity contribution in [1.82, 2.24) is 4.98 Å². The van der Waals surface area contributed by atoms with E-state index in [0.29, 0.717) is 17.4 Å². The first-order valence-corrected chi connectivity index (χ1v) is 10.5. The zero-order chi connectivity index (χ0) is 22.8. The van der Waals surface area contributed by atoms with Gasteiger partial charge in [0.05, 0.1) is 10.7 Å². The molecule has 4 aromatic rings. The van der Waals surface area contributed by atoms with E-state index in [1.54, 1.807) is 6.08 Å². The molecule has 33 heavy (non-hydrogen) atoms. The number of hydrogen-bond acceptors (Lipinski definition) is 6. The Hall–Kier alpha value is -4.45. The van der Waals surface area contributed by atoms with E-state index in [1.807, 2.05) is 104 Å². The van der Waals surface area contributed by atoms with E-state index in [-0.39, 0.29) is 5.95 Å². The predicted molar refractivity (Wildman–Crippen MR) is 128 cm³/mol. The molecular formula is C27H22N4O2. The van der Waals surface area contributed by atoms with Gasteiger partial charge in [0.2, 0.25) is 5.89 Å². The van der Waals surface area contributed by atoms with Crippen LogP contribution in [0.4, 0.5) is 5.69 Å². The van der Waals surface area contributed by atoms with E-state index >= 15 is 0 Å². The van der Waals surface area contributed by atoms with Gasteiger partial charge in [-0.05, 0) is 59.0 Å². The summed E-state index contributed by atoms with van der Waals surface area (Å²) in [6.07, 6.45) is 5.66. The Morgan fingerprint density at radius 2 is 1.42 bits per heavy atom. The standard InChI is InChI=1S/C27H22N4O2/c1-31(2)21-14-12-20(13-15-21)26-30-24(27(32)33-26)17-19-9-7-18(8-10-19)11-16-25-28-22-5-3-4-6-23(22)29-25/h3-17,32H,1-2H3. The number of nitrogens with zero attached hydrogens (tertiary/aromatic N) is 4. The van der Waals surface area contributed by atoms with E-state index in [1.165, 1.54) is 0 Å². The van der Waals surface area contributed by atoms with Gasteiger partial charge in [-0.15, -0.1) is 0 Å². The van der Waals surface area contributed by atoms with Crippen LogP contribution in [0.15, 0.2) is 99.1 Å². The largest absolute Gasteiger partial charge is 0.479 e. The number of aromatic nitrogens is 1. The summed E-state index contributed by atoms with van der Waals surface area (Å²) in [6.45, 7) is 0. The molecule has 2 heterocycles. The van der Waals surface area contributed by atoms with Gasteiger partial charge < -0.3 is 14.4 Å². The predicted octanol–water partition coefficient (Wildman–Crippen LogP) is 2.52. The van der Waals surface area contributed by atoms with Crippen molar-refractivity contribution in [3.05, 3.63) is 112 Å². The van der Waals surface area contributed by atoms with E-state index in [2.05, 4.69) is 15.0 Å². The number of aromatic hydroxyl groups is 1. The number of allylic oxidation sites excluding steroid dienone is 1. The summed E-state index contributed by atoms with van der Waals surface area (Å²) >= 11 is 0. The van der Waals surface area contributed by atoms with Crippen LogP contribution < -0.4 is 26.1 Å². The van der Waals surface area contributed by atoms with Crippen LogP contribution >= 0.6 is 0 Å². The number of oxazole rings is 1. The third-order valence-electron chi connectivity index (χ3n) is 5.28. The Balaban J connectivity index is 1.38. The summed E-state index contributed by atoms with van der Waals surface area (Å²) in [6, 6.07) is 23.5. The summed E-state index contributed by atoms with van der Waals surface area (Å²) in [5.41, 5.74) is 2.27. The Morgan fingerprint density at radius 3 is 2.06 bits per heavy atom. The van der Waals surface area contributed by atoms with Crippen LogP contribution in [0.5, 0.6) is 5.95 Å². The maximum absolute atomic E-state index is 10.2. The summed E-state index contributed by atoms with van der Waals surface area (Å²) in [5.74, 6) is 0.863. The van der Waals surface area contributed by atoms with Crippen molar-refractivity contribution >= 4 is 17.8 Å². The Bertz CT molecular complexity index is 1540. The van der Waals surface area contributed by atoms with Crippen molar-refractivity contribution in [3.63, 3.8) is 0 Å². The maximum Gasteiger partial charge on any atom is 0.310 e. The molecule has 6 nitrogen and oxygen atoms in total. The molecule has 1 N–H and O–H groups in total. The first kappa shape index (κ1) is 20.5. The fourth-order valence-electron chi connectivity index (χ4n) is 3.48. The van der Waals surface area contributed by atoms with Gasteiger partial charge in [0.1, 0.15) is 5.69 Å². The third-order valence-corrected chi connectivity index (χ3v) is 5.28. The quantitative estimate of drug-likeness (QED) is 0.536. The van der Waals surface area contributed by atoms with Gasteiger partial charge in [-0.25, -0.2) is 15.0 Å². The average molecular weight is 434 g/mol. The van der Waals surface area contributed by atoms with Gasteiger partial charge in [0, 0.05) is 25.3 Å². The lowest BCUT2D eigenvalue weighted by molar-refractivity contribution is 0.336. The highest BCUT2D eigenvalue weighted by molar-refractivity contribution is 5.62. The van der Waals surface area contributed by atoms with Gasteiger partial charge in [-0.1, -0.05) is 42.5 Å². The number of benzene rings is 3. The molecule has 6 heteroatoms. The molecule has 3 aromatic carbocycles. The number of fused-ring (bicyclic) bond motifs is 1.